The van der Waals surface area contributed by atoms with Crippen LogP contribution in [0.3, 0.4) is 0 Å². The van der Waals surface area contributed by atoms with Crippen molar-refractivity contribution >= 4 is 32.5 Å². The Hall–Kier alpha value is -4.07. The van der Waals surface area contributed by atoms with Crippen LogP contribution < -0.4 is 0 Å². The number of carbonyl (C=O) groups is 1. The molecule has 1 atom stereocenters. The third-order valence-corrected chi connectivity index (χ3v) is 10.9. The van der Waals surface area contributed by atoms with Gasteiger partial charge in [0.25, 0.3) is 6.10 Å². The Morgan fingerprint density at radius 1 is 0.738 bits per heavy atom. The highest BCUT2D eigenvalue weighted by Crippen LogP contribution is 2.70. The number of esters is 1. The summed E-state index contributed by atoms with van der Waals surface area (Å²) in [6.07, 6.45) is -6.32. The van der Waals surface area contributed by atoms with E-state index in [-0.39, 0.29) is 20.2 Å². The van der Waals surface area contributed by atoms with Crippen molar-refractivity contribution in [1.29, 1.82) is 0 Å². The van der Waals surface area contributed by atoms with Crippen LogP contribution in [0.1, 0.15) is 5.56 Å². The summed E-state index contributed by atoms with van der Waals surface area (Å²) in [5, 5.41) is -5.76. The first-order valence-electron chi connectivity index (χ1n) is 12.1. The Balaban J connectivity index is 1.81. The lowest BCUT2D eigenvalue weighted by molar-refractivity contribution is -0.256. The molecule has 0 aliphatic heterocycles. The quantitative estimate of drug-likeness (QED) is 0.104. The fourth-order valence-electron chi connectivity index (χ4n) is 3.79. The summed E-state index contributed by atoms with van der Waals surface area (Å²) >= 11 is 0. The van der Waals surface area contributed by atoms with E-state index >= 15 is 8.78 Å². The second-order valence-corrected chi connectivity index (χ2v) is 13.1. The van der Waals surface area contributed by atoms with Crippen LogP contribution in [0.2, 0.25) is 0 Å². The lowest BCUT2D eigenvalue weighted by atomic mass is 10.2. The minimum Gasteiger partial charge on any atom is -0.442 e. The Labute approximate surface area is 240 Å². The van der Waals surface area contributed by atoms with Gasteiger partial charge in [-0.05, 0) is 64.4 Å². The van der Waals surface area contributed by atoms with Gasteiger partial charge in [0, 0.05) is 33.2 Å². The molecule has 4 rings (SSSR count). The van der Waals surface area contributed by atoms with Crippen LogP contribution >= 0.6 is 10.3 Å². The van der Waals surface area contributed by atoms with Gasteiger partial charge in [-0.15, -0.1) is 0 Å². The Bertz CT molecular complexity index is 1520. The summed E-state index contributed by atoms with van der Waals surface area (Å²) in [6, 6.07) is 25.2. The lowest BCUT2D eigenvalue weighted by Gasteiger charge is -2.40. The summed E-state index contributed by atoms with van der Waals surface area (Å²) in [5.74, 6) is -1.86. The maximum Gasteiger partial charge on any atom is 0.432 e. The molecule has 1 aromatic heterocycles. The first-order chi connectivity index (χ1) is 19.9. The third-order valence-electron chi connectivity index (χ3n) is 5.68. The van der Waals surface area contributed by atoms with Crippen LogP contribution in [-0.4, -0.2) is 36.9 Å². The highest BCUT2D eigenvalue weighted by molar-refractivity contribution is 8.33. The standard InChI is InChI=1S/C29H22F5NO5S2/c30-28(31,32)27(39-26(36)19-18-22-11-10-20-35-21-22)29(33,34)42(37,38)40-41(23-12-4-1-5-13-23,24-14-6-2-7-15-24)25-16-8-3-9-17-25/h1-21,27H. The van der Waals surface area contributed by atoms with Gasteiger partial charge in [-0.1, -0.05) is 60.7 Å². The highest BCUT2D eigenvalue weighted by atomic mass is 32.3. The Morgan fingerprint density at radius 2 is 1.21 bits per heavy atom. The fourth-order valence-corrected chi connectivity index (χ4v) is 9.06. The normalized spacial score (nSPS) is 13.9. The van der Waals surface area contributed by atoms with Crippen molar-refractivity contribution in [2.45, 2.75) is 32.2 Å². The topological polar surface area (TPSA) is 82.6 Å². The SMILES string of the molecule is O=C(C=Cc1cccnc1)OC(C(F)(F)F)C(F)(F)S(=O)(=O)OS(c1ccccc1)(c1ccccc1)c1ccccc1. The molecule has 1 unspecified atom stereocenters. The second-order valence-electron chi connectivity index (χ2n) is 8.56. The first kappa shape index (κ1) is 30.9. The number of carbonyl (C=O) groups excluding carboxylic acids is 1. The van der Waals surface area contributed by atoms with Crippen molar-refractivity contribution in [1.82, 2.24) is 4.98 Å². The molecule has 220 valence electrons. The molecule has 1 heterocycles. The molecule has 0 bridgehead atoms. The van der Waals surface area contributed by atoms with Gasteiger partial charge in [-0.2, -0.15) is 30.4 Å². The molecule has 42 heavy (non-hydrogen) atoms. The zero-order valence-electron chi connectivity index (χ0n) is 21.4. The number of rotatable bonds is 10. The molecule has 3 aromatic carbocycles. The summed E-state index contributed by atoms with van der Waals surface area (Å²) < 4.78 is 109. The fraction of sp³-hybridized carbons (Fsp3) is 0.103. The Kier molecular flexibility index (Phi) is 9.14. The number of aromatic nitrogens is 1. The average molecular weight is 624 g/mol. The number of hydrogen-bond acceptors (Lipinski definition) is 6. The maximum atomic E-state index is 15.6. The largest absolute Gasteiger partial charge is 0.442 e. The van der Waals surface area contributed by atoms with Crippen molar-refractivity contribution in [2.24, 2.45) is 0 Å². The zero-order chi connectivity index (χ0) is 30.4. The van der Waals surface area contributed by atoms with E-state index in [1.165, 1.54) is 97.3 Å². The predicted molar refractivity (Wildman–Crippen MR) is 146 cm³/mol. The van der Waals surface area contributed by atoms with Crippen molar-refractivity contribution in [3.8, 4) is 0 Å². The molecule has 0 saturated carbocycles. The maximum absolute atomic E-state index is 15.6. The van der Waals surface area contributed by atoms with E-state index in [0.717, 1.165) is 6.08 Å². The second kappa shape index (κ2) is 12.4. The number of pyridine rings is 1. The van der Waals surface area contributed by atoms with Gasteiger partial charge >= 0.3 is 27.5 Å². The summed E-state index contributed by atoms with van der Waals surface area (Å²) in [4.78, 5) is 16.3. The molecule has 0 saturated heterocycles. The number of nitrogens with zero attached hydrogens (tertiary/aromatic N) is 1. The number of hydrogen-bond donors (Lipinski definition) is 0. The van der Waals surface area contributed by atoms with Crippen molar-refractivity contribution in [3.63, 3.8) is 0 Å². The van der Waals surface area contributed by atoms with Gasteiger partial charge in [-0.25, -0.2) is 8.42 Å². The van der Waals surface area contributed by atoms with Crippen LogP contribution in [0.4, 0.5) is 22.0 Å². The van der Waals surface area contributed by atoms with Crippen molar-refractivity contribution in [3.05, 3.63) is 127 Å². The van der Waals surface area contributed by atoms with Crippen LogP contribution in [-0.2, 0) is 23.3 Å². The number of alkyl halides is 5. The van der Waals surface area contributed by atoms with E-state index in [9.17, 15) is 26.4 Å². The predicted octanol–water partition coefficient (Wildman–Crippen LogP) is 7.41. The number of ether oxygens (including phenoxy) is 1. The van der Waals surface area contributed by atoms with Crippen molar-refractivity contribution in [2.75, 3.05) is 0 Å². The summed E-state index contributed by atoms with van der Waals surface area (Å²) in [5.41, 5.74) is 0.252. The molecule has 0 aliphatic rings. The monoisotopic (exact) mass is 623 g/mol. The van der Waals surface area contributed by atoms with Gasteiger partial charge in [0.1, 0.15) is 0 Å². The molecule has 6 nitrogen and oxygen atoms in total. The molecular weight excluding hydrogens is 601 g/mol. The van der Waals surface area contributed by atoms with E-state index < -0.39 is 43.9 Å². The lowest BCUT2D eigenvalue weighted by Crippen LogP contribution is -2.52. The van der Waals surface area contributed by atoms with Gasteiger partial charge in [0.05, 0.1) is 0 Å². The van der Waals surface area contributed by atoms with Gasteiger partial charge in [0.2, 0.25) is 0 Å². The Morgan fingerprint density at radius 3 is 1.62 bits per heavy atom. The molecule has 4 aromatic rings. The minimum absolute atomic E-state index is 0.113. The van der Waals surface area contributed by atoms with Crippen LogP contribution in [0.5, 0.6) is 0 Å². The van der Waals surface area contributed by atoms with Crippen LogP contribution in [0, 0.1) is 0 Å². The van der Waals surface area contributed by atoms with Crippen molar-refractivity contribution < 1.29 is 43.5 Å². The van der Waals surface area contributed by atoms with E-state index in [2.05, 4.69) is 9.72 Å². The van der Waals surface area contributed by atoms with E-state index in [1.54, 1.807) is 18.2 Å². The highest BCUT2D eigenvalue weighted by Gasteiger charge is 2.68. The van der Waals surface area contributed by atoms with Gasteiger partial charge in [-0.3, -0.25) is 4.98 Å². The number of benzene rings is 3. The van der Waals surface area contributed by atoms with Crippen LogP contribution in [0.15, 0.2) is 136 Å². The smallest absolute Gasteiger partial charge is 0.432 e. The zero-order valence-corrected chi connectivity index (χ0v) is 23.0. The van der Waals surface area contributed by atoms with Gasteiger partial charge in [0.15, 0.2) is 0 Å². The third kappa shape index (κ3) is 6.53. The summed E-state index contributed by atoms with van der Waals surface area (Å²) in [6.45, 7) is 0. The molecular formula is C29H22F5NO5S2. The molecule has 0 amide bonds. The van der Waals surface area contributed by atoms with E-state index in [0.29, 0.717) is 6.08 Å². The molecule has 0 aliphatic carbocycles. The molecule has 0 N–H and O–H groups in total. The van der Waals surface area contributed by atoms with Crippen LogP contribution in [0.25, 0.3) is 6.08 Å². The van der Waals surface area contributed by atoms with Gasteiger partial charge < -0.3 is 4.74 Å². The van der Waals surface area contributed by atoms with E-state index in [1.807, 2.05) is 0 Å². The minimum atomic E-state index is -6.48. The molecule has 0 spiro atoms. The van der Waals surface area contributed by atoms with E-state index in [4.69, 9.17) is 3.63 Å². The molecule has 0 radical (unpaired) electrons. The first-order valence-corrected chi connectivity index (χ1v) is 15.0. The number of halogens is 5. The molecule has 13 heteroatoms. The average Bonchev–Trinajstić information content (AvgIpc) is 2.98. The molecule has 0 fully saturated rings. The summed E-state index contributed by atoms with van der Waals surface area (Å²) in [7, 11) is -10.1.